The summed E-state index contributed by atoms with van der Waals surface area (Å²) < 4.78 is 3.96. The first kappa shape index (κ1) is 19.1. The molecule has 0 spiro atoms. The second kappa shape index (κ2) is 8.12. The second-order valence-corrected chi connectivity index (χ2v) is 7.59. The van der Waals surface area contributed by atoms with E-state index in [1.54, 1.807) is 35.5 Å². The van der Waals surface area contributed by atoms with Crippen molar-refractivity contribution in [3.63, 3.8) is 0 Å². The number of pyridine rings is 2. The number of hydrogen-bond donors (Lipinski definition) is 1. The van der Waals surface area contributed by atoms with E-state index in [-0.39, 0.29) is 6.03 Å². The lowest BCUT2D eigenvalue weighted by atomic mass is 10.3. The van der Waals surface area contributed by atoms with Crippen LogP contribution in [0.1, 0.15) is 11.4 Å². The molecule has 0 atom stereocenters. The van der Waals surface area contributed by atoms with Gasteiger partial charge in [-0.1, -0.05) is 29.8 Å². The van der Waals surface area contributed by atoms with Crippen molar-refractivity contribution >= 4 is 34.6 Å². The molecule has 0 radical (unpaired) electrons. The lowest BCUT2D eigenvalue weighted by molar-refractivity contribution is 0.204. The van der Waals surface area contributed by atoms with E-state index >= 15 is 0 Å². The van der Waals surface area contributed by atoms with Gasteiger partial charge in [0.15, 0.2) is 0 Å². The average Bonchev–Trinajstić information content (AvgIpc) is 3.38. The number of carbonyl (C=O) groups is 1. The average molecular weight is 431 g/mol. The molecule has 0 bridgehead atoms. The molecule has 0 saturated carbocycles. The Morgan fingerprint density at radius 2 is 1.48 bits per heavy atom. The topological polar surface area (TPSA) is 66.9 Å². The van der Waals surface area contributed by atoms with Crippen molar-refractivity contribution in [3.8, 4) is 0 Å². The lowest BCUT2D eigenvalue weighted by Crippen LogP contribution is -2.34. The number of aromatic nitrogens is 4. The Morgan fingerprint density at radius 3 is 2.06 bits per heavy atom. The van der Waals surface area contributed by atoms with Crippen molar-refractivity contribution in [1.29, 1.82) is 0 Å². The number of hydrogen-bond acceptors (Lipinski definition) is 3. The molecule has 7 nitrogen and oxygen atoms in total. The molecule has 0 unspecified atom stereocenters. The Balaban J connectivity index is 1.47. The second-order valence-electron chi connectivity index (χ2n) is 7.15. The fourth-order valence-corrected chi connectivity index (χ4v) is 3.75. The Labute approximate surface area is 183 Å². The van der Waals surface area contributed by atoms with Crippen molar-refractivity contribution in [2.24, 2.45) is 0 Å². The first-order valence-corrected chi connectivity index (χ1v) is 10.2. The summed E-state index contributed by atoms with van der Waals surface area (Å²) in [5, 5.41) is 3.51. The monoisotopic (exact) mass is 430 g/mol. The van der Waals surface area contributed by atoms with Gasteiger partial charge in [-0.15, -0.1) is 0 Å². The minimum atomic E-state index is -0.237. The molecule has 5 rings (SSSR count). The fourth-order valence-electron chi connectivity index (χ4n) is 3.56. The summed E-state index contributed by atoms with van der Waals surface area (Å²) in [6.45, 7) is 0.745. The van der Waals surface area contributed by atoms with Gasteiger partial charge in [0.2, 0.25) is 0 Å². The van der Waals surface area contributed by atoms with Crippen LogP contribution < -0.4 is 5.32 Å². The van der Waals surface area contributed by atoms with Gasteiger partial charge in [0.1, 0.15) is 11.3 Å². The number of rotatable bonds is 5. The van der Waals surface area contributed by atoms with Crippen LogP contribution in [0, 0.1) is 0 Å². The molecule has 0 saturated heterocycles. The number of nitrogens with one attached hydrogen (secondary N) is 1. The van der Waals surface area contributed by atoms with Crippen molar-refractivity contribution in [2.75, 3.05) is 5.32 Å². The molecular formula is C23H19ClN6O. The van der Waals surface area contributed by atoms with Crippen LogP contribution in [0.4, 0.5) is 10.5 Å². The van der Waals surface area contributed by atoms with Crippen LogP contribution in [0.15, 0.2) is 85.5 Å². The highest BCUT2D eigenvalue weighted by Crippen LogP contribution is 2.18. The highest BCUT2D eigenvalue weighted by molar-refractivity contribution is 6.30. The Bertz CT molecular complexity index is 1300. The first-order valence-electron chi connectivity index (χ1n) is 9.81. The first-order chi connectivity index (χ1) is 15.2. The summed E-state index contributed by atoms with van der Waals surface area (Å²) in [4.78, 5) is 23.9. The summed E-state index contributed by atoms with van der Waals surface area (Å²) in [7, 11) is 0. The van der Waals surface area contributed by atoms with Crippen LogP contribution in [0.5, 0.6) is 0 Å². The quantitative estimate of drug-likeness (QED) is 0.432. The standard InChI is InChI=1S/C23H19ClN6O/c24-17-6-5-7-18(12-17)27-23(31)28(15-19-13-25-21-8-1-3-10-29(19)21)16-20-14-26-22-9-2-4-11-30(20)22/h1-14H,15-16H2,(H,27,31). The third-order valence-corrected chi connectivity index (χ3v) is 5.29. The number of anilines is 1. The number of nitrogens with zero attached hydrogens (tertiary/aromatic N) is 5. The Morgan fingerprint density at radius 1 is 0.871 bits per heavy atom. The summed E-state index contributed by atoms with van der Waals surface area (Å²) in [6, 6.07) is 18.5. The smallest absolute Gasteiger partial charge is 0.313 e. The maximum atomic E-state index is 13.3. The number of carbonyl (C=O) groups excluding carboxylic acids is 1. The molecule has 8 heteroatoms. The van der Waals surface area contributed by atoms with Crippen LogP contribution >= 0.6 is 11.6 Å². The van der Waals surface area contributed by atoms with E-state index in [1.807, 2.05) is 63.7 Å². The lowest BCUT2D eigenvalue weighted by Gasteiger charge is -2.23. The predicted octanol–water partition coefficient (Wildman–Crippen LogP) is 4.87. The zero-order chi connectivity index (χ0) is 21.2. The van der Waals surface area contributed by atoms with Crippen LogP contribution in [0.3, 0.4) is 0 Å². The van der Waals surface area contributed by atoms with Crippen molar-refractivity contribution in [1.82, 2.24) is 23.7 Å². The SMILES string of the molecule is O=C(Nc1cccc(Cl)c1)N(Cc1cnc2ccccn12)Cc1cnc2ccccn12. The minimum Gasteiger partial charge on any atom is -0.313 e. The highest BCUT2D eigenvalue weighted by atomic mass is 35.5. The number of amides is 2. The third-order valence-electron chi connectivity index (χ3n) is 5.06. The number of benzene rings is 1. The number of halogens is 1. The van der Waals surface area contributed by atoms with Crippen molar-refractivity contribution < 1.29 is 4.79 Å². The maximum absolute atomic E-state index is 13.3. The number of fused-ring (bicyclic) bond motifs is 2. The zero-order valence-electron chi connectivity index (χ0n) is 16.5. The van der Waals surface area contributed by atoms with Gasteiger partial charge in [0, 0.05) is 23.1 Å². The van der Waals surface area contributed by atoms with E-state index in [0.29, 0.717) is 23.8 Å². The van der Waals surface area contributed by atoms with Gasteiger partial charge < -0.3 is 19.0 Å². The van der Waals surface area contributed by atoms with E-state index in [2.05, 4.69) is 15.3 Å². The zero-order valence-corrected chi connectivity index (χ0v) is 17.3. The molecule has 1 aromatic carbocycles. The fraction of sp³-hybridized carbons (Fsp3) is 0.0870. The predicted molar refractivity (Wildman–Crippen MR) is 120 cm³/mol. The van der Waals surface area contributed by atoms with E-state index < -0.39 is 0 Å². The Kier molecular flexibility index (Phi) is 5.01. The van der Waals surface area contributed by atoms with Gasteiger partial charge >= 0.3 is 6.03 Å². The van der Waals surface area contributed by atoms with Crippen LogP contribution in [0.2, 0.25) is 5.02 Å². The molecule has 5 aromatic rings. The molecule has 4 heterocycles. The summed E-state index contributed by atoms with van der Waals surface area (Å²) in [5.74, 6) is 0. The van der Waals surface area contributed by atoms with Crippen LogP contribution in [-0.4, -0.2) is 29.7 Å². The molecule has 31 heavy (non-hydrogen) atoms. The van der Waals surface area contributed by atoms with E-state index in [0.717, 1.165) is 22.7 Å². The molecule has 0 fully saturated rings. The molecule has 154 valence electrons. The molecule has 0 aliphatic rings. The molecule has 1 N–H and O–H groups in total. The molecule has 0 aliphatic carbocycles. The highest BCUT2D eigenvalue weighted by Gasteiger charge is 2.19. The van der Waals surface area contributed by atoms with E-state index in [9.17, 15) is 4.79 Å². The molecule has 0 aliphatic heterocycles. The molecule has 4 aromatic heterocycles. The van der Waals surface area contributed by atoms with Gasteiger partial charge in [-0.05, 0) is 42.5 Å². The van der Waals surface area contributed by atoms with Gasteiger partial charge in [0.25, 0.3) is 0 Å². The van der Waals surface area contributed by atoms with Crippen molar-refractivity contribution in [2.45, 2.75) is 13.1 Å². The van der Waals surface area contributed by atoms with Gasteiger partial charge in [-0.2, -0.15) is 0 Å². The summed E-state index contributed by atoms with van der Waals surface area (Å²) in [6.07, 6.45) is 7.48. The van der Waals surface area contributed by atoms with E-state index in [4.69, 9.17) is 11.6 Å². The summed E-state index contributed by atoms with van der Waals surface area (Å²) in [5.41, 5.74) is 4.13. The maximum Gasteiger partial charge on any atom is 0.322 e. The van der Waals surface area contributed by atoms with Gasteiger partial charge in [0.05, 0.1) is 36.9 Å². The normalized spacial score (nSPS) is 11.1. The largest absolute Gasteiger partial charge is 0.322 e. The third kappa shape index (κ3) is 3.95. The van der Waals surface area contributed by atoms with Crippen molar-refractivity contribution in [3.05, 3.63) is 102 Å². The summed E-state index contributed by atoms with van der Waals surface area (Å²) >= 11 is 6.08. The van der Waals surface area contributed by atoms with Crippen LogP contribution in [0.25, 0.3) is 11.3 Å². The molecule has 2 amide bonds. The van der Waals surface area contributed by atoms with Gasteiger partial charge in [-0.3, -0.25) is 0 Å². The Hall–Kier alpha value is -3.84. The number of imidazole rings is 2. The van der Waals surface area contributed by atoms with E-state index in [1.165, 1.54) is 0 Å². The molecular weight excluding hydrogens is 412 g/mol. The van der Waals surface area contributed by atoms with Gasteiger partial charge in [-0.25, -0.2) is 14.8 Å². The van der Waals surface area contributed by atoms with Crippen LogP contribution in [-0.2, 0) is 13.1 Å². The minimum absolute atomic E-state index is 0.237. The number of urea groups is 1.